The molecule has 2 N–H and O–H groups in total. The molecule has 3 aromatic rings. The first-order chi connectivity index (χ1) is 7.43. The molecule has 0 unspecified atom stereocenters. The minimum absolute atomic E-state index is 0.856. The summed E-state index contributed by atoms with van der Waals surface area (Å²) in [6, 6.07) is 3.95. The van der Waals surface area contributed by atoms with Gasteiger partial charge >= 0.3 is 0 Å². The standard InChI is InChI=1S/C10H8N4S/c1-3-11-5-7(1)14-10-9-8(2-4-15-9)12-6-13-10/h1-6,11H,(H,12,13,14). The van der Waals surface area contributed by atoms with Crippen LogP contribution in [0.1, 0.15) is 0 Å². The van der Waals surface area contributed by atoms with E-state index in [1.165, 1.54) is 0 Å². The summed E-state index contributed by atoms with van der Waals surface area (Å²) in [6.45, 7) is 0. The number of rotatable bonds is 2. The quantitative estimate of drug-likeness (QED) is 0.692. The van der Waals surface area contributed by atoms with Gasteiger partial charge in [0, 0.05) is 12.4 Å². The molecular formula is C10H8N4S. The zero-order valence-corrected chi connectivity index (χ0v) is 8.58. The van der Waals surface area contributed by atoms with Crippen LogP contribution >= 0.6 is 11.3 Å². The topological polar surface area (TPSA) is 53.6 Å². The molecule has 74 valence electrons. The van der Waals surface area contributed by atoms with E-state index in [4.69, 9.17) is 0 Å². The molecular weight excluding hydrogens is 208 g/mol. The summed E-state index contributed by atoms with van der Waals surface area (Å²) in [7, 11) is 0. The first-order valence-electron chi connectivity index (χ1n) is 4.51. The predicted octanol–water partition coefficient (Wildman–Crippen LogP) is 2.76. The average Bonchev–Trinajstić information content (AvgIpc) is 2.87. The molecule has 0 radical (unpaired) electrons. The van der Waals surface area contributed by atoms with Gasteiger partial charge in [0.15, 0.2) is 5.82 Å². The van der Waals surface area contributed by atoms with Crippen molar-refractivity contribution in [2.24, 2.45) is 0 Å². The van der Waals surface area contributed by atoms with Crippen molar-refractivity contribution in [3.63, 3.8) is 0 Å². The van der Waals surface area contributed by atoms with E-state index >= 15 is 0 Å². The first-order valence-corrected chi connectivity index (χ1v) is 5.39. The van der Waals surface area contributed by atoms with Gasteiger partial charge in [-0.3, -0.25) is 0 Å². The molecule has 15 heavy (non-hydrogen) atoms. The normalized spacial score (nSPS) is 10.7. The Morgan fingerprint density at radius 1 is 1.27 bits per heavy atom. The molecule has 0 saturated carbocycles. The molecule has 0 bridgehead atoms. The molecule has 3 heterocycles. The Bertz CT molecular complexity index is 570. The number of nitrogens with one attached hydrogen (secondary N) is 2. The maximum atomic E-state index is 4.23. The van der Waals surface area contributed by atoms with Gasteiger partial charge in [0.05, 0.1) is 15.9 Å². The van der Waals surface area contributed by atoms with Gasteiger partial charge in [0.2, 0.25) is 0 Å². The van der Waals surface area contributed by atoms with E-state index in [2.05, 4.69) is 20.3 Å². The summed E-state index contributed by atoms with van der Waals surface area (Å²) in [5.41, 5.74) is 1.98. The molecule has 0 atom stereocenters. The minimum atomic E-state index is 0.856. The Balaban J connectivity index is 2.07. The van der Waals surface area contributed by atoms with Crippen LogP contribution in [-0.4, -0.2) is 15.0 Å². The van der Waals surface area contributed by atoms with Crippen molar-refractivity contribution in [2.75, 3.05) is 5.32 Å². The number of hydrogen-bond donors (Lipinski definition) is 2. The lowest BCUT2D eigenvalue weighted by Crippen LogP contribution is -1.92. The van der Waals surface area contributed by atoms with Crippen LogP contribution in [-0.2, 0) is 0 Å². The van der Waals surface area contributed by atoms with Crippen molar-refractivity contribution >= 4 is 33.1 Å². The molecule has 0 aromatic carbocycles. The van der Waals surface area contributed by atoms with Crippen LogP contribution in [0.15, 0.2) is 36.2 Å². The highest BCUT2D eigenvalue weighted by atomic mass is 32.1. The molecule has 3 aromatic heterocycles. The maximum Gasteiger partial charge on any atom is 0.151 e. The monoisotopic (exact) mass is 216 g/mol. The summed E-state index contributed by atoms with van der Waals surface area (Å²) in [5, 5.41) is 5.26. The summed E-state index contributed by atoms with van der Waals surface area (Å²) >= 11 is 1.64. The zero-order chi connectivity index (χ0) is 10.1. The summed E-state index contributed by atoms with van der Waals surface area (Å²) in [5.74, 6) is 0.856. The molecule has 4 nitrogen and oxygen atoms in total. The molecule has 0 spiro atoms. The van der Waals surface area contributed by atoms with Crippen molar-refractivity contribution in [3.8, 4) is 0 Å². The number of anilines is 2. The van der Waals surface area contributed by atoms with Crippen LogP contribution < -0.4 is 5.32 Å². The highest BCUT2D eigenvalue weighted by Crippen LogP contribution is 2.26. The number of hydrogen-bond acceptors (Lipinski definition) is 4. The fraction of sp³-hybridized carbons (Fsp3) is 0. The predicted molar refractivity (Wildman–Crippen MR) is 61.5 cm³/mol. The molecule has 5 heteroatoms. The summed E-state index contributed by atoms with van der Waals surface area (Å²) in [6.07, 6.45) is 5.33. The second kappa shape index (κ2) is 3.36. The van der Waals surface area contributed by atoms with E-state index in [1.54, 1.807) is 17.7 Å². The lowest BCUT2D eigenvalue weighted by molar-refractivity contribution is 1.23. The smallest absolute Gasteiger partial charge is 0.151 e. The summed E-state index contributed by atoms with van der Waals surface area (Å²) < 4.78 is 1.08. The van der Waals surface area contributed by atoms with Gasteiger partial charge in [0.1, 0.15) is 6.33 Å². The van der Waals surface area contributed by atoms with Crippen molar-refractivity contribution in [1.29, 1.82) is 0 Å². The van der Waals surface area contributed by atoms with E-state index in [-0.39, 0.29) is 0 Å². The van der Waals surface area contributed by atoms with Crippen molar-refractivity contribution in [3.05, 3.63) is 36.2 Å². The van der Waals surface area contributed by atoms with Crippen LogP contribution in [0.25, 0.3) is 10.2 Å². The SMILES string of the molecule is c1nc(Nc2cc[nH]c2)c2sccc2n1. The number of aromatic nitrogens is 3. The Morgan fingerprint density at radius 2 is 2.27 bits per heavy atom. The third kappa shape index (κ3) is 1.46. The molecule has 0 fully saturated rings. The molecule has 0 saturated heterocycles. The van der Waals surface area contributed by atoms with Crippen molar-refractivity contribution in [2.45, 2.75) is 0 Å². The highest BCUT2D eigenvalue weighted by Gasteiger charge is 2.04. The second-order valence-electron chi connectivity index (χ2n) is 3.08. The van der Waals surface area contributed by atoms with Crippen LogP contribution in [0.4, 0.5) is 11.5 Å². The highest BCUT2D eigenvalue weighted by molar-refractivity contribution is 7.17. The number of fused-ring (bicyclic) bond motifs is 1. The Kier molecular flexibility index (Phi) is 1.89. The third-order valence-corrected chi connectivity index (χ3v) is 3.01. The summed E-state index contributed by atoms with van der Waals surface area (Å²) in [4.78, 5) is 11.4. The second-order valence-corrected chi connectivity index (χ2v) is 4.00. The van der Waals surface area contributed by atoms with E-state index in [1.807, 2.05) is 29.9 Å². The molecule has 0 amide bonds. The number of H-pyrrole nitrogens is 1. The van der Waals surface area contributed by atoms with Gasteiger partial charge < -0.3 is 10.3 Å². The van der Waals surface area contributed by atoms with E-state index < -0.39 is 0 Å². The van der Waals surface area contributed by atoms with Crippen LogP contribution in [0.2, 0.25) is 0 Å². The van der Waals surface area contributed by atoms with Crippen LogP contribution in [0.5, 0.6) is 0 Å². The molecule has 0 aliphatic heterocycles. The molecule has 0 aliphatic carbocycles. The largest absolute Gasteiger partial charge is 0.366 e. The number of nitrogens with zero attached hydrogens (tertiary/aromatic N) is 2. The Hall–Kier alpha value is -1.88. The van der Waals surface area contributed by atoms with E-state index in [0.717, 1.165) is 21.7 Å². The Labute approximate surface area is 90.0 Å². The van der Waals surface area contributed by atoms with E-state index in [9.17, 15) is 0 Å². The van der Waals surface area contributed by atoms with Gasteiger partial charge in [-0.1, -0.05) is 0 Å². The fourth-order valence-electron chi connectivity index (χ4n) is 1.42. The van der Waals surface area contributed by atoms with Crippen molar-refractivity contribution < 1.29 is 0 Å². The van der Waals surface area contributed by atoms with Gasteiger partial charge in [-0.15, -0.1) is 11.3 Å². The minimum Gasteiger partial charge on any atom is -0.366 e. The Morgan fingerprint density at radius 3 is 3.13 bits per heavy atom. The van der Waals surface area contributed by atoms with Crippen LogP contribution in [0, 0.1) is 0 Å². The lowest BCUT2D eigenvalue weighted by Gasteiger charge is -2.02. The average molecular weight is 216 g/mol. The van der Waals surface area contributed by atoms with Gasteiger partial charge in [0.25, 0.3) is 0 Å². The molecule has 3 rings (SSSR count). The molecule has 0 aliphatic rings. The maximum absolute atomic E-state index is 4.23. The van der Waals surface area contributed by atoms with Gasteiger partial charge in [-0.2, -0.15) is 0 Å². The lowest BCUT2D eigenvalue weighted by atomic mass is 10.4. The van der Waals surface area contributed by atoms with Crippen molar-refractivity contribution in [1.82, 2.24) is 15.0 Å². The zero-order valence-electron chi connectivity index (χ0n) is 7.77. The fourth-order valence-corrected chi connectivity index (χ4v) is 2.21. The van der Waals surface area contributed by atoms with E-state index in [0.29, 0.717) is 0 Å². The number of aromatic amines is 1. The van der Waals surface area contributed by atoms with Gasteiger partial charge in [-0.05, 0) is 17.5 Å². The first kappa shape index (κ1) is 8.43. The van der Waals surface area contributed by atoms with Crippen LogP contribution in [0.3, 0.4) is 0 Å². The number of thiophene rings is 1. The van der Waals surface area contributed by atoms with Gasteiger partial charge in [-0.25, -0.2) is 9.97 Å². The third-order valence-electron chi connectivity index (χ3n) is 2.10.